The van der Waals surface area contributed by atoms with Gasteiger partial charge in [-0.25, -0.2) is 0 Å². The Labute approximate surface area is 149 Å². The first-order valence-electron chi connectivity index (χ1n) is 8.13. The van der Waals surface area contributed by atoms with Crippen LogP contribution in [0.2, 0.25) is 0 Å². The van der Waals surface area contributed by atoms with Gasteiger partial charge in [-0.05, 0) is 35.2 Å². The third kappa shape index (κ3) is 3.69. The number of carbonyl (C=O) groups excluding carboxylic acids is 1. The predicted molar refractivity (Wildman–Crippen MR) is 96.6 cm³/mol. The van der Waals surface area contributed by atoms with Gasteiger partial charge in [-0.15, -0.1) is 11.3 Å². The number of thiophene rings is 1. The van der Waals surface area contributed by atoms with E-state index >= 15 is 0 Å². The van der Waals surface area contributed by atoms with Crippen LogP contribution in [0.1, 0.15) is 10.4 Å². The van der Waals surface area contributed by atoms with Crippen molar-refractivity contribution in [2.45, 2.75) is 18.9 Å². The molecule has 3 heterocycles. The van der Waals surface area contributed by atoms with Gasteiger partial charge < -0.3 is 10.1 Å². The lowest BCUT2D eigenvalue weighted by molar-refractivity contribution is -0.120. The molecule has 5 nitrogen and oxygen atoms in total. The lowest BCUT2D eigenvalue weighted by Gasteiger charge is -2.11. The molecule has 6 heteroatoms. The van der Waals surface area contributed by atoms with E-state index in [0.29, 0.717) is 13.0 Å². The molecule has 3 aromatic rings. The summed E-state index contributed by atoms with van der Waals surface area (Å²) in [6, 6.07) is 9.97. The smallest absolute Gasteiger partial charge is 0.225 e. The fourth-order valence-corrected chi connectivity index (χ4v) is 3.61. The molecule has 1 aliphatic rings. The summed E-state index contributed by atoms with van der Waals surface area (Å²) in [4.78, 5) is 21.5. The van der Waals surface area contributed by atoms with Gasteiger partial charge in [0.2, 0.25) is 5.91 Å². The third-order valence-electron chi connectivity index (χ3n) is 4.10. The molecule has 1 atom stereocenters. The van der Waals surface area contributed by atoms with Crippen LogP contribution in [0.25, 0.3) is 11.3 Å². The van der Waals surface area contributed by atoms with Crippen molar-refractivity contribution in [2.75, 3.05) is 6.54 Å². The maximum absolute atomic E-state index is 12.0. The van der Waals surface area contributed by atoms with Crippen LogP contribution < -0.4 is 10.1 Å². The van der Waals surface area contributed by atoms with Crippen LogP contribution in [-0.2, 0) is 17.6 Å². The van der Waals surface area contributed by atoms with Crippen molar-refractivity contribution in [3.63, 3.8) is 0 Å². The summed E-state index contributed by atoms with van der Waals surface area (Å²) in [6.45, 7) is 0.513. The zero-order valence-electron chi connectivity index (χ0n) is 13.5. The summed E-state index contributed by atoms with van der Waals surface area (Å²) < 4.78 is 5.94. The van der Waals surface area contributed by atoms with Gasteiger partial charge >= 0.3 is 0 Å². The van der Waals surface area contributed by atoms with Crippen LogP contribution in [0, 0.1) is 0 Å². The zero-order chi connectivity index (χ0) is 17.1. The molecule has 0 saturated carbocycles. The lowest BCUT2D eigenvalue weighted by atomic mass is 10.0. The molecular weight excluding hydrogens is 334 g/mol. The van der Waals surface area contributed by atoms with Crippen molar-refractivity contribution in [3.05, 3.63) is 64.7 Å². The standard InChI is InChI=1S/C19H17N3O2S/c23-19(10-16-2-1-7-25-16)22-11-15-9-14-8-13(3-4-18(14)24-15)17-12-20-5-6-21-17/h1-8,12,15H,9-11H2,(H,22,23). The van der Waals surface area contributed by atoms with Crippen molar-refractivity contribution in [2.24, 2.45) is 0 Å². The first-order valence-corrected chi connectivity index (χ1v) is 9.01. The van der Waals surface area contributed by atoms with Crippen LogP contribution >= 0.6 is 11.3 Å². The SMILES string of the molecule is O=C(Cc1cccs1)NCC1Cc2cc(-c3cnccn3)ccc2O1. The summed E-state index contributed by atoms with van der Waals surface area (Å²) in [6.07, 6.45) is 6.27. The second-order valence-corrected chi connectivity index (χ2v) is 6.95. The van der Waals surface area contributed by atoms with E-state index < -0.39 is 0 Å². The number of amides is 1. The minimum atomic E-state index is -0.0283. The molecule has 4 rings (SSSR count). The molecule has 0 bridgehead atoms. The number of hydrogen-bond donors (Lipinski definition) is 1. The van der Waals surface area contributed by atoms with E-state index in [0.717, 1.165) is 33.9 Å². The first-order chi connectivity index (χ1) is 12.3. The molecule has 0 saturated heterocycles. The summed E-state index contributed by atoms with van der Waals surface area (Å²) in [7, 11) is 0. The van der Waals surface area contributed by atoms with Gasteiger partial charge in [-0.1, -0.05) is 6.07 Å². The third-order valence-corrected chi connectivity index (χ3v) is 4.98. The number of nitrogens with one attached hydrogen (secondary N) is 1. The van der Waals surface area contributed by atoms with E-state index in [-0.39, 0.29) is 12.0 Å². The van der Waals surface area contributed by atoms with Crippen molar-refractivity contribution in [1.82, 2.24) is 15.3 Å². The van der Waals surface area contributed by atoms with Crippen LogP contribution in [0.5, 0.6) is 5.75 Å². The van der Waals surface area contributed by atoms with Crippen molar-refractivity contribution in [1.29, 1.82) is 0 Å². The average molecular weight is 351 g/mol. The number of carbonyl (C=O) groups is 1. The second-order valence-electron chi connectivity index (χ2n) is 5.92. The van der Waals surface area contributed by atoms with Gasteiger partial charge in [0.05, 0.1) is 24.9 Å². The molecule has 1 aromatic carbocycles. The Balaban J connectivity index is 1.36. The molecular formula is C19H17N3O2S. The fourth-order valence-electron chi connectivity index (χ4n) is 2.90. The Bertz CT molecular complexity index is 866. The highest BCUT2D eigenvalue weighted by molar-refractivity contribution is 7.10. The predicted octanol–water partition coefficient (Wildman–Crippen LogP) is 2.87. The van der Waals surface area contributed by atoms with Crippen LogP contribution in [0.15, 0.2) is 54.3 Å². The van der Waals surface area contributed by atoms with E-state index in [9.17, 15) is 4.79 Å². The average Bonchev–Trinajstić information content (AvgIpc) is 3.29. The Hall–Kier alpha value is -2.73. The Kier molecular flexibility index (Phi) is 4.43. The topological polar surface area (TPSA) is 64.1 Å². The quantitative estimate of drug-likeness (QED) is 0.768. The maximum Gasteiger partial charge on any atom is 0.225 e. The van der Waals surface area contributed by atoms with Gasteiger partial charge in [0.1, 0.15) is 11.9 Å². The van der Waals surface area contributed by atoms with Gasteiger partial charge in [-0.2, -0.15) is 0 Å². The highest BCUT2D eigenvalue weighted by Crippen LogP contribution is 2.32. The van der Waals surface area contributed by atoms with E-state index in [1.165, 1.54) is 0 Å². The number of rotatable bonds is 5. The molecule has 1 amide bonds. The van der Waals surface area contributed by atoms with Crippen LogP contribution in [-0.4, -0.2) is 28.5 Å². The van der Waals surface area contributed by atoms with E-state index in [4.69, 9.17) is 4.74 Å². The molecule has 1 N–H and O–H groups in total. The van der Waals surface area contributed by atoms with Crippen LogP contribution in [0.3, 0.4) is 0 Å². The first kappa shape index (κ1) is 15.8. The number of aromatic nitrogens is 2. The summed E-state index contributed by atoms with van der Waals surface area (Å²) in [5, 5.41) is 4.94. The number of ether oxygens (including phenoxy) is 1. The highest BCUT2D eigenvalue weighted by Gasteiger charge is 2.23. The summed E-state index contributed by atoms with van der Waals surface area (Å²) >= 11 is 1.60. The molecule has 0 fully saturated rings. The van der Waals surface area contributed by atoms with Crippen molar-refractivity contribution in [3.8, 4) is 17.0 Å². The normalized spacial score (nSPS) is 15.4. The monoisotopic (exact) mass is 351 g/mol. The largest absolute Gasteiger partial charge is 0.488 e. The maximum atomic E-state index is 12.0. The fraction of sp³-hybridized carbons (Fsp3) is 0.211. The Morgan fingerprint density at radius 1 is 1.32 bits per heavy atom. The molecule has 1 unspecified atom stereocenters. The summed E-state index contributed by atoms with van der Waals surface area (Å²) in [5.74, 6) is 0.910. The van der Waals surface area contributed by atoms with Gasteiger partial charge in [-0.3, -0.25) is 14.8 Å². The van der Waals surface area contributed by atoms with Crippen molar-refractivity contribution < 1.29 is 9.53 Å². The van der Waals surface area contributed by atoms with E-state index in [1.54, 1.807) is 29.9 Å². The second kappa shape index (κ2) is 7.03. The molecule has 126 valence electrons. The number of hydrogen-bond acceptors (Lipinski definition) is 5. The lowest BCUT2D eigenvalue weighted by Crippen LogP contribution is -2.35. The number of benzene rings is 1. The van der Waals surface area contributed by atoms with E-state index in [2.05, 4.69) is 21.4 Å². The highest BCUT2D eigenvalue weighted by atomic mass is 32.1. The molecule has 25 heavy (non-hydrogen) atoms. The molecule has 0 radical (unpaired) electrons. The molecule has 0 aliphatic carbocycles. The number of nitrogens with zero attached hydrogens (tertiary/aromatic N) is 2. The van der Waals surface area contributed by atoms with Crippen LogP contribution in [0.4, 0.5) is 0 Å². The van der Waals surface area contributed by atoms with Gasteiger partial charge in [0.25, 0.3) is 0 Å². The van der Waals surface area contributed by atoms with Gasteiger partial charge in [0.15, 0.2) is 0 Å². The molecule has 1 aliphatic heterocycles. The summed E-state index contributed by atoms with van der Waals surface area (Å²) in [5.41, 5.74) is 3.01. The minimum absolute atomic E-state index is 0.0283. The van der Waals surface area contributed by atoms with Crippen molar-refractivity contribution >= 4 is 17.2 Å². The molecule has 0 spiro atoms. The Morgan fingerprint density at radius 3 is 3.08 bits per heavy atom. The number of fused-ring (bicyclic) bond motifs is 1. The molecule has 2 aromatic heterocycles. The van der Waals surface area contributed by atoms with E-state index in [1.807, 2.05) is 29.6 Å². The minimum Gasteiger partial charge on any atom is -0.488 e. The van der Waals surface area contributed by atoms with Gasteiger partial charge in [0, 0.05) is 29.3 Å². The zero-order valence-corrected chi connectivity index (χ0v) is 14.3. The Morgan fingerprint density at radius 2 is 2.28 bits per heavy atom.